The Morgan fingerprint density at radius 3 is 2.69 bits per heavy atom. The number of nitrogens with one attached hydrogen (secondary N) is 1. The standard InChI is InChI=1S/C23H26N4O2/c1-16(2)23-25-22(29-26-23)13-7-12-21(28)24-18-9-4-6-11-20(18)27-15-14-17-8-3-5-10-19(17)27/h3-6,8-11,16H,7,12-15H2,1-2H3,(H,24,28). The van der Waals surface area contributed by atoms with E-state index in [4.69, 9.17) is 4.52 Å². The van der Waals surface area contributed by atoms with Crippen LogP contribution in [0.2, 0.25) is 0 Å². The van der Waals surface area contributed by atoms with Crippen LogP contribution in [0.25, 0.3) is 0 Å². The molecule has 4 rings (SSSR count). The number of carbonyl (C=O) groups excluding carboxylic acids is 1. The van der Waals surface area contributed by atoms with Crippen molar-refractivity contribution in [2.24, 2.45) is 0 Å². The van der Waals surface area contributed by atoms with Crippen molar-refractivity contribution in [2.75, 3.05) is 16.8 Å². The van der Waals surface area contributed by atoms with Crippen molar-refractivity contribution in [1.29, 1.82) is 0 Å². The van der Waals surface area contributed by atoms with Gasteiger partial charge in [0, 0.05) is 31.0 Å². The fourth-order valence-corrected chi connectivity index (χ4v) is 3.62. The summed E-state index contributed by atoms with van der Waals surface area (Å²) in [6.45, 7) is 4.97. The van der Waals surface area contributed by atoms with Crippen LogP contribution < -0.4 is 10.2 Å². The molecule has 6 heteroatoms. The monoisotopic (exact) mass is 390 g/mol. The molecule has 3 aromatic rings. The molecular formula is C23H26N4O2. The Morgan fingerprint density at radius 1 is 1.14 bits per heavy atom. The van der Waals surface area contributed by atoms with Gasteiger partial charge in [0.15, 0.2) is 5.82 Å². The van der Waals surface area contributed by atoms with Crippen molar-refractivity contribution in [3.63, 3.8) is 0 Å². The highest BCUT2D eigenvalue weighted by molar-refractivity contribution is 5.95. The van der Waals surface area contributed by atoms with E-state index in [1.807, 2.05) is 32.0 Å². The van der Waals surface area contributed by atoms with Crippen molar-refractivity contribution in [2.45, 2.75) is 45.4 Å². The van der Waals surface area contributed by atoms with E-state index in [2.05, 4.69) is 50.7 Å². The second-order valence-corrected chi connectivity index (χ2v) is 7.65. The summed E-state index contributed by atoms with van der Waals surface area (Å²) in [5.41, 5.74) is 4.43. The second-order valence-electron chi connectivity index (χ2n) is 7.65. The number of carbonyl (C=O) groups is 1. The summed E-state index contributed by atoms with van der Waals surface area (Å²) in [5, 5.41) is 7.04. The Balaban J connectivity index is 1.38. The van der Waals surface area contributed by atoms with Crippen LogP contribution in [0.4, 0.5) is 17.1 Å². The molecule has 0 saturated carbocycles. The lowest BCUT2D eigenvalue weighted by molar-refractivity contribution is -0.116. The van der Waals surface area contributed by atoms with Crippen LogP contribution in [-0.2, 0) is 17.6 Å². The predicted molar refractivity (Wildman–Crippen MR) is 114 cm³/mol. The van der Waals surface area contributed by atoms with Gasteiger partial charge < -0.3 is 14.7 Å². The van der Waals surface area contributed by atoms with Crippen LogP contribution in [-0.4, -0.2) is 22.6 Å². The molecule has 0 bridgehead atoms. The van der Waals surface area contributed by atoms with Crippen LogP contribution in [0.1, 0.15) is 49.9 Å². The summed E-state index contributed by atoms with van der Waals surface area (Å²) in [4.78, 5) is 19.2. The lowest BCUT2D eigenvalue weighted by Gasteiger charge is -2.23. The Kier molecular flexibility index (Phi) is 5.60. The van der Waals surface area contributed by atoms with Gasteiger partial charge in [-0.05, 0) is 36.6 Å². The zero-order valence-electron chi connectivity index (χ0n) is 16.9. The normalized spacial score (nSPS) is 13.0. The number of aryl methyl sites for hydroxylation is 1. The highest BCUT2D eigenvalue weighted by atomic mass is 16.5. The number of hydrogen-bond acceptors (Lipinski definition) is 5. The zero-order chi connectivity index (χ0) is 20.2. The minimum atomic E-state index is -0.00599. The van der Waals surface area contributed by atoms with Gasteiger partial charge >= 0.3 is 0 Å². The maximum Gasteiger partial charge on any atom is 0.226 e. The number of aromatic nitrogens is 2. The number of benzene rings is 2. The third kappa shape index (κ3) is 4.31. The van der Waals surface area contributed by atoms with Gasteiger partial charge in [0.2, 0.25) is 11.8 Å². The molecule has 1 aromatic heterocycles. The molecule has 0 radical (unpaired) electrons. The second kappa shape index (κ2) is 8.47. The molecule has 0 unspecified atom stereocenters. The molecule has 0 saturated heterocycles. The molecule has 2 heterocycles. The highest BCUT2D eigenvalue weighted by Crippen LogP contribution is 2.38. The molecule has 1 aliphatic heterocycles. The molecule has 0 aliphatic carbocycles. The molecule has 0 spiro atoms. The Labute approximate surface area is 170 Å². The third-order valence-corrected chi connectivity index (χ3v) is 5.15. The molecule has 2 aromatic carbocycles. The van der Waals surface area contributed by atoms with Crippen molar-refractivity contribution in [1.82, 2.24) is 10.1 Å². The lowest BCUT2D eigenvalue weighted by atomic mass is 10.1. The van der Waals surface area contributed by atoms with Gasteiger partial charge in [-0.15, -0.1) is 0 Å². The Morgan fingerprint density at radius 2 is 1.90 bits per heavy atom. The lowest BCUT2D eigenvalue weighted by Crippen LogP contribution is -2.18. The first-order valence-electron chi connectivity index (χ1n) is 10.2. The van der Waals surface area contributed by atoms with Crippen molar-refractivity contribution < 1.29 is 9.32 Å². The van der Waals surface area contributed by atoms with Gasteiger partial charge in [-0.2, -0.15) is 4.98 Å². The van der Waals surface area contributed by atoms with Crippen LogP contribution in [0.5, 0.6) is 0 Å². The summed E-state index contributed by atoms with van der Waals surface area (Å²) >= 11 is 0. The average molecular weight is 390 g/mol. The minimum Gasteiger partial charge on any atom is -0.339 e. The smallest absolute Gasteiger partial charge is 0.226 e. The number of anilines is 3. The van der Waals surface area contributed by atoms with Gasteiger partial charge in [-0.3, -0.25) is 4.79 Å². The molecule has 6 nitrogen and oxygen atoms in total. The molecular weight excluding hydrogens is 364 g/mol. The maximum absolute atomic E-state index is 12.5. The minimum absolute atomic E-state index is 0.00599. The maximum atomic E-state index is 12.5. The SMILES string of the molecule is CC(C)c1noc(CCCC(=O)Nc2ccccc2N2CCc3ccccc32)n1. The van der Waals surface area contributed by atoms with Gasteiger partial charge in [0.1, 0.15) is 0 Å². The fourth-order valence-electron chi connectivity index (χ4n) is 3.62. The first-order chi connectivity index (χ1) is 14.1. The molecule has 0 atom stereocenters. The fraction of sp³-hybridized carbons (Fsp3) is 0.348. The molecule has 150 valence electrons. The van der Waals surface area contributed by atoms with Gasteiger partial charge in [0.05, 0.1) is 11.4 Å². The first kappa shape index (κ1) is 19.2. The number of nitrogens with zero attached hydrogens (tertiary/aromatic N) is 3. The van der Waals surface area contributed by atoms with Crippen LogP contribution in [0, 0.1) is 0 Å². The number of rotatable bonds is 7. The van der Waals surface area contributed by atoms with E-state index in [0.717, 1.165) is 24.3 Å². The third-order valence-electron chi connectivity index (χ3n) is 5.15. The quantitative estimate of drug-likeness (QED) is 0.624. The van der Waals surface area contributed by atoms with Crippen LogP contribution in [0.3, 0.4) is 0 Å². The molecule has 1 aliphatic rings. The zero-order valence-corrected chi connectivity index (χ0v) is 16.9. The topological polar surface area (TPSA) is 71.3 Å². The number of fused-ring (bicyclic) bond motifs is 1. The summed E-state index contributed by atoms with van der Waals surface area (Å²) in [6, 6.07) is 16.4. The van der Waals surface area contributed by atoms with Crippen molar-refractivity contribution in [3.8, 4) is 0 Å². The largest absolute Gasteiger partial charge is 0.339 e. The summed E-state index contributed by atoms with van der Waals surface area (Å²) in [6.07, 6.45) is 2.69. The van der Waals surface area contributed by atoms with Gasteiger partial charge in [-0.25, -0.2) is 0 Å². The Bertz CT molecular complexity index is 996. The molecule has 29 heavy (non-hydrogen) atoms. The van der Waals surface area contributed by atoms with E-state index >= 15 is 0 Å². The number of para-hydroxylation sites is 3. The van der Waals surface area contributed by atoms with Crippen LogP contribution in [0.15, 0.2) is 53.1 Å². The number of amides is 1. The van der Waals surface area contributed by atoms with Gasteiger partial charge in [-0.1, -0.05) is 49.3 Å². The van der Waals surface area contributed by atoms with E-state index in [9.17, 15) is 4.79 Å². The van der Waals surface area contributed by atoms with E-state index in [1.54, 1.807) is 0 Å². The molecule has 0 fully saturated rings. The summed E-state index contributed by atoms with van der Waals surface area (Å²) in [7, 11) is 0. The summed E-state index contributed by atoms with van der Waals surface area (Å²) < 4.78 is 5.25. The highest BCUT2D eigenvalue weighted by Gasteiger charge is 2.22. The summed E-state index contributed by atoms with van der Waals surface area (Å²) in [5.74, 6) is 1.54. The number of hydrogen-bond donors (Lipinski definition) is 1. The van der Waals surface area contributed by atoms with Crippen LogP contribution >= 0.6 is 0 Å². The van der Waals surface area contributed by atoms with Crippen molar-refractivity contribution >= 4 is 23.0 Å². The van der Waals surface area contributed by atoms with E-state index in [1.165, 1.54) is 11.3 Å². The predicted octanol–water partition coefficient (Wildman–Crippen LogP) is 4.85. The van der Waals surface area contributed by atoms with Crippen molar-refractivity contribution in [3.05, 3.63) is 65.8 Å². The van der Waals surface area contributed by atoms with E-state index in [-0.39, 0.29) is 11.8 Å². The first-order valence-corrected chi connectivity index (χ1v) is 10.2. The van der Waals surface area contributed by atoms with E-state index < -0.39 is 0 Å². The molecule has 1 amide bonds. The van der Waals surface area contributed by atoms with E-state index in [0.29, 0.717) is 31.0 Å². The Hall–Kier alpha value is -3.15. The average Bonchev–Trinajstić information content (AvgIpc) is 3.36. The molecule has 1 N–H and O–H groups in total. The van der Waals surface area contributed by atoms with Gasteiger partial charge in [0.25, 0.3) is 0 Å².